The normalized spacial score (nSPS) is 12.8. The molecule has 0 amide bonds. The molecular weight excluding hydrogens is 304 g/mol. The largest absolute Gasteiger partial charge is 0.281 e. The van der Waals surface area contributed by atoms with Gasteiger partial charge in [-0.1, -0.05) is 13.0 Å². The summed E-state index contributed by atoms with van der Waals surface area (Å²) in [5.74, 6) is 0. The van der Waals surface area contributed by atoms with Gasteiger partial charge >= 0.3 is 0 Å². The molecule has 0 bridgehead atoms. The lowest BCUT2D eigenvalue weighted by Gasteiger charge is -2.12. The van der Waals surface area contributed by atoms with Crippen molar-refractivity contribution in [1.82, 2.24) is 0 Å². The maximum atomic E-state index is 11.8. The standard InChI is InChI=1S/C11H13BrN2O2S/c1-3-9(7-13)17(15,16)14-11-5-4-8(2)6-10(11)12/h4-6,9,14H,3H2,1-2H3. The van der Waals surface area contributed by atoms with Crippen molar-refractivity contribution < 1.29 is 8.42 Å². The number of nitriles is 1. The summed E-state index contributed by atoms with van der Waals surface area (Å²) in [4.78, 5) is 0. The fourth-order valence-electron chi connectivity index (χ4n) is 1.31. The highest BCUT2D eigenvalue weighted by atomic mass is 79.9. The van der Waals surface area contributed by atoms with Gasteiger partial charge in [-0.25, -0.2) is 8.42 Å². The predicted molar refractivity (Wildman–Crippen MR) is 71.1 cm³/mol. The Morgan fingerprint density at radius 2 is 2.18 bits per heavy atom. The number of sulfonamides is 1. The topological polar surface area (TPSA) is 70.0 Å². The highest BCUT2D eigenvalue weighted by Gasteiger charge is 2.23. The zero-order valence-electron chi connectivity index (χ0n) is 9.57. The summed E-state index contributed by atoms with van der Waals surface area (Å²) in [7, 11) is -3.65. The van der Waals surface area contributed by atoms with E-state index in [2.05, 4.69) is 20.7 Å². The maximum Gasteiger partial charge on any atom is 0.249 e. The number of nitrogens with one attached hydrogen (secondary N) is 1. The van der Waals surface area contributed by atoms with Crippen molar-refractivity contribution in [3.63, 3.8) is 0 Å². The summed E-state index contributed by atoms with van der Waals surface area (Å²) in [5, 5.41) is 7.74. The van der Waals surface area contributed by atoms with Crippen LogP contribution in [0.3, 0.4) is 0 Å². The first-order valence-corrected chi connectivity index (χ1v) is 7.42. The van der Waals surface area contributed by atoms with Gasteiger partial charge in [0.1, 0.15) is 0 Å². The molecule has 0 spiro atoms. The Hall–Kier alpha value is -1.06. The summed E-state index contributed by atoms with van der Waals surface area (Å²) in [5.41, 5.74) is 1.47. The molecule has 0 fully saturated rings. The van der Waals surface area contributed by atoms with E-state index in [0.29, 0.717) is 10.2 Å². The molecule has 0 aliphatic rings. The Morgan fingerprint density at radius 1 is 1.53 bits per heavy atom. The van der Waals surface area contributed by atoms with Crippen LogP contribution in [-0.4, -0.2) is 13.7 Å². The Labute approximate surface area is 110 Å². The van der Waals surface area contributed by atoms with Gasteiger partial charge in [-0.15, -0.1) is 0 Å². The van der Waals surface area contributed by atoms with Crippen LogP contribution in [0.15, 0.2) is 22.7 Å². The van der Waals surface area contributed by atoms with Crippen LogP contribution in [-0.2, 0) is 10.0 Å². The van der Waals surface area contributed by atoms with E-state index in [-0.39, 0.29) is 6.42 Å². The van der Waals surface area contributed by atoms with E-state index in [1.165, 1.54) is 0 Å². The molecule has 0 aliphatic carbocycles. The zero-order valence-corrected chi connectivity index (χ0v) is 12.0. The molecule has 0 aromatic heterocycles. The van der Waals surface area contributed by atoms with E-state index in [0.717, 1.165) is 5.56 Å². The van der Waals surface area contributed by atoms with Crippen LogP contribution < -0.4 is 4.72 Å². The van der Waals surface area contributed by atoms with Crippen LogP contribution in [0.4, 0.5) is 5.69 Å². The van der Waals surface area contributed by atoms with Crippen LogP contribution in [0.2, 0.25) is 0 Å². The Kier molecular flexibility index (Phi) is 4.54. The lowest BCUT2D eigenvalue weighted by molar-refractivity contribution is 0.593. The average Bonchev–Trinajstić information content (AvgIpc) is 2.23. The minimum atomic E-state index is -3.65. The Bertz CT molecular complexity index is 549. The number of hydrogen-bond donors (Lipinski definition) is 1. The van der Waals surface area contributed by atoms with Gasteiger partial charge < -0.3 is 0 Å². The van der Waals surface area contributed by atoms with E-state index in [9.17, 15) is 8.42 Å². The zero-order chi connectivity index (χ0) is 13.1. The van der Waals surface area contributed by atoms with Crippen molar-refractivity contribution in [2.45, 2.75) is 25.5 Å². The molecule has 1 aromatic rings. The summed E-state index contributed by atoms with van der Waals surface area (Å²) in [6.07, 6.45) is 0.259. The Balaban J connectivity index is 3.03. The van der Waals surface area contributed by atoms with E-state index in [1.807, 2.05) is 13.0 Å². The van der Waals surface area contributed by atoms with Crippen molar-refractivity contribution in [1.29, 1.82) is 5.26 Å². The van der Waals surface area contributed by atoms with Gasteiger partial charge in [-0.05, 0) is 47.0 Å². The second-order valence-corrected chi connectivity index (χ2v) is 6.37. The SMILES string of the molecule is CCC(C#N)S(=O)(=O)Nc1ccc(C)cc1Br. The molecule has 92 valence electrons. The molecule has 1 atom stereocenters. The number of halogens is 1. The van der Waals surface area contributed by atoms with Gasteiger partial charge in [-0.2, -0.15) is 5.26 Å². The molecule has 1 rings (SSSR count). The maximum absolute atomic E-state index is 11.8. The molecule has 0 heterocycles. The number of nitrogens with zero attached hydrogens (tertiary/aromatic N) is 1. The van der Waals surface area contributed by atoms with Crippen LogP contribution in [0.5, 0.6) is 0 Å². The second kappa shape index (κ2) is 5.52. The highest BCUT2D eigenvalue weighted by molar-refractivity contribution is 9.10. The first-order valence-electron chi connectivity index (χ1n) is 5.08. The Morgan fingerprint density at radius 3 is 2.65 bits per heavy atom. The van der Waals surface area contributed by atoms with Crippen molar-refractivity contribution in [2.24, 2.45) is 0 Å². The van der Waals surface area contributed by atoms with Crippen LogP contribution in [0.25, 0.3) is 0 Å². The van der Waals surface area contributed by atoms with Crippen LogP contribution in [0, 0.1) is 18.3 Å². The van der Waals surface area contributed by atoms with Crippen LogP contribution in [0.1, 0.15) is 18.9 Å². The fourth-order valence-corrected chi connectivity index (χ4v) is 3.24. The van der Waals surface area contributed by atoms with E-state index >= 15 is 0 Å². The third kappa shape index (κ3) is 3.45. The molecule has 0 aliphatic heterocycles. The third-order valence-electron chi connectivity index (χ3n) is 2.27. The molecular formula is C11H13BrN2O2S. The van der Waals surface area contributed by atoms with E-state index in [1.54, 1.807) is 25.1 Å². The summed E-state index contributed by atoms with van der Waals surface area (Å²) in [6.45, 7) is 3.57. The highest BCUT2D eigenvalue weighted by Crippen LogP contribution is 2.25. The first kappa shape index (κ1) is 14.0. The van der Waals surface area contributed by atoms with Gasteiger partial charge in [0.2, 0.25) is 10.0 Å². The number of hydrogen-bond acceptors (Lipinski definition) is 3. The van der Waals surface area contributed by atoms with Crippen molar-refractivity contribution >= 4 is 31.6 Å². The fraction of sp³-hybridized carbons (Fsp3) is 0.364. The average molecular weight is 317 g/mol. The van der Waals surface area contributed by atoms with Crippen LogP contribution >= 0.6 is 15.9 Å². The minimum absolute atomic E-state index is 0.259. The van der Waals surface area contributed by atoms with E-state index < -0.39 is 15.3 Å². The first-order chi connectivity index (χ1) is 7.90. The lowest BCUT2D eigenvalue weighted by atomic mass is 10.2. The number of anilines is 1. The molecule has 0 saturated heterocycles. The van der Waals surface area contributed by atoms with Gasteiger partial charge in [0, 0.05) is 4.47 Å². The molecule has 0 radical (unpaired) electrons. The van der Waals surface area contributed by atoms with E-state index in [4.69, 9.17) is 5.26 Å². The number of aryl methyl sites for hydroxylation is 1. The van der Waals surface area contributed by atoms with Gasteiger partial charge in [-0.3, -0.25) is 4.72 Å². The summed E-state index contributed by atoms with van der Waals surface area (Å²) in [6, 6.07) is 7.06. The minimum Gasteiger partial charge on any atom is -0.281 e. The predicted octanol–water partition coefficient (Wildman–Crippen LogP) is 2.80. The molecule has 0 saturated carbocycles. The van der Waals surface area contributed by atoms with Crippen molar-refractivity contribution in [3.8, 4) is 6.07 Å². The number of rotatable bonds is 4. The number of benzene rings is 1. The summed E-state index contributed by atoms with van der Waals surface area (Å²) < 4.78 is 26.8. The van der Waals surface area contributed by atoms with Crippen molar-refractivity contribution in [3.05, 3.63) is 28.2 Å². The van der Waals surface area contributed by atoms with Crippen molar-refractivity contribution in [2.75, 3.05) is 4.72 Å². The molecule has 17 heavy (non-hydrogen) atoms. The summed E-state index contributed by atoms with van der Waals surface area (Å²) >= 11 is 3.28. The van der Waals surface area contributed by atoms with Gasteiger partial charge in [0.15, 0.2) is 5.25 Å². The molecule has 1 unspecified atom stereocenters. The van der Waals surface area contributed by atoms with Gasteiger partial charge in [0.25, 0.3) is 0 Å². The second-order valence-electron chi connectivity index (χ2n) is 3.66. The third-order valence-corrected chi connectivity index (χ3v) is 4.61. The molecule has 1 aromatic carbocycles. The lowest BCUT2D eigenvalue weighted by Crippen LogP contribution is -2.26. The monoisotopic (exact) mass is 316 g/mol. The van der Waals surface area contributed by atoms with Gasteiger partial charge in [0.05, 0.1) is 11.8 Å². The molecule has 1 N–H and O–H groups in total. The smallest absolute Gasteiger partial charge is 0.249 e. The molecule has 4 nitrogen and oxygen atoms in total. The molecule has 6 heteroatoms. The quantitative estimate of drug-likeness (QED) is 0.928.